The highest BCUT2D eigenvalue weighted by molar-refractivity contribution is 9.10. The molecule has 0 fully saturated rings. The van der Waals surface area contributed by atoms with Crippen LogP contribution in [0.15, 0.2) is 15.5 Å². The molecule has 4 nitrogen and oxygen atoms in total. The summed E-state index contributed by atoms with van der Waals surface area (Å²) in [6.45, 7) is 3.11. The van der Waals surface area contributed by atoms with Crippen LogP contribution >= 0.6 is 15.9 Å². The summed E-state index contributed by atoms with van der Waals surface area (Å²) in [6, 6.07) is 0. The summed E-state index contributed by atoms with van der Waals surface area (Å²) in [5.41, 5.74) is -1.40. The molecule has 2 N–H and O–H groups in total. The molecule has 0 saturated heterocycles. The van der Waals surface area contributed by atoms with E-state index in [-0.39, 0.29) is 11.4 Å². The van der Waals surface area contributed by atoms with E-state index in [1.165, 1.54) is 6.20 Å². The Morgan fingerprint density at radius 3 is 2.67 bits per heavy atom. The lowest BCUT2D eigenvalue weighted by atomic mass is 10.1. The first-order chi connectivity index (χ1) is 5.41. The third-order valence-corrected chi connectivity index (χ3v) is 1.90. The fourth-order valence-corrected chi connectivity index (χ4v) is 0.892. The van der Waals surface area contributed by atoms with Gasteiger partial charge in [0.1, 0.15) is 15.9 Å². The lowest BCUT2D eigenvalue weighted by Gasteiger charge is -2.14. The summed E-state index contributed by atoms with van der Waals surface area (Å²) < 4.78 is 0.357. The molecule has 0 saturated carbocycles. The van der Waals surface area contributed by atoms with Crippen molar-refractivity contribution in [2.24, 2.45) is 0 Å². The highest BCUT2D eigenvalue weighted by atomic mass is 79.9. The zero-order valence-corrected chi connectivity index (χ0v) is 8.34. The number of hydrogen-bond donors (Lipinski definition) is 2. The van der Waals surface area contributed by atoms with Crippen LogP contribution in [-0.4, -0.2) is 15.1 Å². The standard InChI is InChI=1S/C7H9BrN2O2/c1-7(2,12)6-9-3-4(8)5(11)10-6/h3,12H,1-2H3,(H,9,10,11). The maximum Gasteiger partial charge on any atom is 0.265 e. The Hall–Kier alpha value is -0.680. The number of aromatic amines is 1. The quantitative estimate of drug-likeness (QED) is 0.752. The van der Waals surface area contributed by atoms with Crippen molar-refractivity contribution in [1.29, 1.82) is 0 Å². The third-order valence-electron chi connectivity index (χ3n) is 1.34. The van der Waals surface area contributed by atoms with Crippen molar-refractivity contribution in [1.82, 2.24) is 9.97 Å². The number of H-pyrrole nitrogens is 1. The van der Waals surface area contributed by atoms with Gasteiger partial charge in [0, 0.05) is 6.20 Å². The number of aromatic nitrogens is 2. The van der Waals surface area contributed by atoms with Gasteiger partial charge in [0.05, 0.1) is 0 Å². The first-order valence-corrected chi connectivity index (χ1v) is 4.18. The van der Waals surface area contributed by atoms with Gasteiger partial charge in [-0.25, -0.2) is 4.98 Å². The normalized spacial score (nSPS) is 11.7. The average Bonchev–Trinajstić information content (AvgIpc) is 1.92. The maximum atomic E-state index is 11.0. The molecule has 0 aliphatic heterocycles. The van der Waals surface area contributed by atoms with Crippen molar-refractivity contribution < 1.29 is 5.11 Å². The van der Waals surface area contributed by atoms with E-state index in [4.69, 9.17) is 0 Å². The van der Waals surface area contributed by atoms with E-state index in [0.717, 1.165) is 0 Å². The van der Waals surface area contributed by atoms with Crippen LogP contribution in [0.3, 0.4) is 0 Å². The van der Waals surface area contributed by atoms with Gasteiger partial charge in [-0.05, 0) is 29.8 Å². The summed E-state index contributed by atoms with van der Waals surface area (Å²) in [7, 11) is 0. The van der Waals surface area contributed by atoms with Gasteiger partial charge in [-0.2, -0.15) is 0 Å². The molecule has 1 heterocycles. The van der Waals surface area contributed by atoms with Crippen molar-refractivity contribution in [3.8, 4) is 0 Å². The van der Waals surface area contributed by atoms with Gasteiger partial charge in [0.15, 0.2) is 0 Å². The van der Waals surface area contributed by atoms with Crippen molar-refractivity contribution in [2.75, 3.05) is 0 Å². The summed E-state index contributed by atoms with van der Waals surface area (Å²) >= 11 is 3.01. The van der Waals surface area contributed by atoms with Gasteiger partial charge in [-0.1, -0.05) is 0 Å². The van der Waals surface area contributed by atoms with Gasteiger partial charge in [-0.3, -0.25) is 4.79 Å². The molecular formula is C7H9BrN2O2. The van der Waals surface area contributed by atoms with Crippen LogP contribution in [0.25, 0.3) is 0 Å². The molecule has 0 unspecified atom stereocenters. The van der Waals surface area contributed by atoms with Crippen LogP contribution in [0, 0.1) is 0 Å². The third kappa shape index (κ3) is 1.92. The van der Waals surface area contributed by atoms with E-state index >= 15 is 0 Å². The molecule has 0 aliphatic rings. The zero-order chi connectivity index (χ0) is 9.35. The maximum absolute atomic E-state index is 11.0. The topological polar surface area (TPSA) is 66.0 Å². The summed E-state index contributed by atoms with van der Waals surface area (Å²) in [6.07, 6.45) is 1.37. The monoisotopic (exact) mass is 232 g/mol. The van der Waals surface area contributed by atoms with Gasteiger partial charge in [0.25, 0.3) is 5.56 Å². The predicted molar refractivity (Wildman–Crippen MR) is 47.8 cm³/mol. The SMILES string of the molecule is CC(C)(O)c1ncc(Br)c(=O)[nH]1. The number of nitrogens with zero attached hydrogens (tertiary/aromatic N) is 1. The average molecular weight is 233 g/mol. The van der Waals surface area contributed by atoms with Crippen LogP contribution in [-0.2, 0) is 5.60 Å². The number of hydrogen-bond acceptors (Lipinski definition) is 3. The van der Waals surface area contributed by atoms with Gasteiger partial charge >= 0.3 is 0 Å². The highest BCUT2D eigenvalue weighted by Gasteiger charge is 2.18. The smallest absolute Gasteiger partial charge is 0.265 e. The molecule has 1 aromatic heterocycles. The minimum atomic E-state index is -1.11. The van der Waals surface area contributed by atoms with Crippen LogP contribution in [0.5, 0.6) is 0 Å². The van der Waals surface area contributed by atoms with E-state index in [2.05, 4.69) is 25.9 Å². The molecule has 66 valence electrons. The first-order valence-electron chi connectivity index (χ1n) is 3.39. The van der Waals surface area contributed by atoms with E-state index in [9.17, 15) is 9.90 Å². The zero-order valence-electron chi connectivity index (χ0n) is 6.76. The van der Waals surface area contributed by atoms with E-state index in [0.29, 0.717) is 4.47 Å². The van der Waals surface area contributed by atoms with Crippen LogP contribution < -0.4 is 5.56 Å². The molecular weight excluding hydrogens is 224 g/mol. The highest BCUT2D eigenvalue weighted by Crippen LogP contribution is 2.13. The van der Waals surface area contributed by atoms with Gasteiger partial charge in [-0.15, -0.1) is 0 Å². The molecule has 5 heteroatoms. The molecule has 0 aromatic carbocycles. The molecule has 0 aliphatic carbocycles. The molecule has 1 rings (SSSR count). The Labute approximate surface area is 77.8 Å². The number of nitrogens with one attached hydrogen (secondary N) is 1. The lowest BCUT2D eigenvalue weighted by molar-refractivity contribution is 0.0683. The van der Waals surface area contributed by atoms with Gasteiger partial charge < -0.3 is 10.1 Å². The number of aliphatic hydroxyl groups is 1. The molecule has 12 heavy (non-hydrogen) atoms. The van der Waals surface area contributed by atoms with E-state index in [1.54, 1.807) is 13.8 Å². The molecule has 0 radical (unpaired) electrons. The van der Waals surface area contributed by atoms with Crippen molar-refractivity contribution in [2.45, 2.75) is 19.4 Å². The van der Waals surface area contributed by atoms with E-state index in [1.807, 2.05) is 0 Å². The minimum Gasteiger partial charge on any atom is -0.383 e. The predicted octanol–water partition coefficient (Wildman–Crippen LogP) is 0.760. The second-order valence-electron chi connectivity index (χ2n) is 2.97. The Kier molecular flexibility index (Phi) is 2.34. The van der Waals surface area contributed by atoms with Crippen molar-refractivity contribution in [3.63, 3.8) is 0 Å². The van der Waals surface area contributed by atoms with Crippen molar-refractivity contribution >= 4 is 15.9 Å². The Morgan fingerprint density at radius 2 is 2.25 bits per heavy atom. The summed E-state index contributed by atoms with van der Waals surface area (Å²) in [4.78, 5) is 17.3. The molecule has 1 aromatic rings. The number of rotatable bonds is 1. The second-order valence-corrected chi connectivity index (χ2v) is 3.82. The van der Waals surface area contributed by atoms with Crippen LogP contribution in [0.4, 0.5) is 0 Å². The first kappa shape index (κ1) is 9.41. The Balaban J connectivity index is 3.23. The second kappa shape index (κ2) is 2.99. The number of halogens is 1. The fourth-order valence-electron chi connectivity index (χ4n) is 0.690. The summed E-state index contributed by atoms with van der Waals surface area (Å²) in [5, 5.41) is 9.46. The lowest BCUT2D eigenvalue weighted by Crippen LogP contribution is -2.24. The molecule has 0 atom stereocenters. The van der Waals surface area contributed by atoms with Crippen molar-refractivity contribution in [3.05, 3.63) is 26.8 Å². The van der Waals surface area contributed by atoms with Crippen LogP contribution in [0.2, 0.25) is 0 Å². The minimum absolute atomic E-state index is 0.260. The Morgan fingerprint density at radius 1 is 1.67 bits per heavy atom. The fraction of sp³-hybridized carbons (Fsp3) is 0.429. The Bertz CT molecular complexity index is 340. The molecule has 0 amide bonds. The van der Waals surface area contributed by atoms with Gasteiger partial charge in [0.2, 0.25) is 0 Å². The molecule has 0 bridgehead atoms. The summed E-state index contributed by atoms with van der Waals surface area (Å²) in [5.74, 6) is 0.260. The molecule has 0 spiro atoms. The van der Waals surface area contributed by atoms with E-state index < -0.39 is 5.60 Å². The largest absolute Gasteiger partial charge is 0.383 e. The van der Waals surface area contributed by atoms with Crippen LogP contribution in [0.1, 0.15) is 19.7 Å².